The van der Waals surface area contributed by atoms with Gasteiger partial charge in [0.1, 0.15) is 11.5 Å². The van der Waals surface area contributed by atoms with Crippen LogP contribution >= 0.6 is 27.7 Å². The Balaban J connectivity index is 1.75. The van der Waals surface area contributed by atoms with Crippen LogP contribution in [0.25, 0.3) is 0 Å². The second-order valence-electron chi connectivity index (χ2n) is 4.30. The summed E-state index contributed by atoms with van der Waals surface area (Å²) in [6.45, 7) is 0.575. The smallest absolute Gasteiger partial charge is 0.159 e. The Bertz CT molecular complexity index is 615. The zero-order chi connectivity index (χ0) is 15.8. The zero-order valence-electron chi connectivity index (χ0n) is 12.2. The second-order valence-corrected chi connectivity index (χ2v) is 6.33. The molecule has 0 bridgehead atoms. The van der Waals surface area contributed by atoms with Gasteiger partial charge in [-0.15, -0.1) is 0 Å². The summed E-state index contributed by atoms with van der Waals surface area (Å²) < 4.78 is 11.8. The molecule has 0 atom stereocenters. The number of benzene rings is 2. The molecule has 0 saturated heterocycles. The third kappa shape index (κ3) is 5.61. The number of rotatable bonds is 6. The average molecular weight is 381 g/mol. The minimum absolute atomic E-state index is 0.518. The predicted molar refractivity (Wildman–Crippen MR) is 96.4 cm³/mol. The van der Waals surface area contributed by atoms with E-state index in [4.69, 9.17) is 15.2 Å². The molecule has 0 spiro atoms. The number of amidine groups is 1. The highest BCUT2D eigenvalue weighted by atomic mass is 79.9. The maximum atomic E-state index is 5.90. The molecule has 0 saturated carbocycles. The molecule has 0 radical (unpaired) electrons. The Morgan fingerprint density at radius 2 is 1.73 bits per heavy atom. The van der Waals surface area contributed by atoms with E-state index in [1.807, 2.05) is 48.5 Å². The minimum atomic E-state index is 0.518. The number of halogens is 1. The van der Waals surface area contributed by atoms with E-state index >= 15 is 0 Å². The lowest BCUT2D eigenvalue weighted by molar-refractivity contribution is 0.344. The van der Waals surface area contributed by atoms with E-state index in [1.165, 1.54) is 11.8 Å². The van der Waals surface area contributed by atoms with Gasteiger partial charge in [0.15, 0.2) is 5.17 Å². The highest BCUT2D eigenvalue weighted by Crippen LogP contribution is 2.19. The Morgan fingerprint density at radius 1 is 1.09 bits per heavy atom. The first-order valence-corrected chi connectivity index (χ1v) is 8.44. The molecule has 0 unspecified atom stereocenters. The van der Waals surface area contributed by atoms with Crippen LogP contribution in [0.5, 0.6) is 11.5 Å². The molecule has 2 rings (SSSR count). The van der Waals surface area contributed by atoms with Crippen LogP contribution in [0.2, 0.25) is 0 Å². The second kappa shape index (κ2) is 8.70. The first kappa shape index (κ1) is 16.7. The van der Waals surface area contributed by atoms with Gasteiger partial charge in [-0.05, 0) is 48.5 Å². The van der Waals surface area contributed by atoms with Crippen LogP contribution < -0.4 is 15.2 Å². The lowest BCUT2D eigenvalue weighted by Crippen LogP contribution is -2.10. The number of nitrogens with two attached hydrogens (primary N) is 1. The Labute approximate surface area is 142 Å². The molecular weight excluding hydrogens is 364 g/mol. The van der Waals surface area contributed by atoms with Crippen LogP contribution in [0.15, 0.2) is 58.0 Å². The van der Waals surface area contributed by atoms with Crippen LogP contribution in [0.4, 0.5) is 5.69 Å². The van der Waals surface area contributed by atoms with Crippen LogP contribution in [-0.4, -0.2) is 24.6 Å². The number of ether oxygens (including phenoxy) is 2. The molecule has 6 heteroatoms. The summed E-state index contributed by atoms with van der Waals surface area (Å²) in [6, 6.07) is 15.2. The van der Waals surface area contributed by atoms with E-state index in [-0.39, 0.29) is 0 Å². The largest absolute Gasteiger partial charge is 0.497 e. The van der Waals surface area contributed by atoms with Gasteiger partial charge in [-0.3, -0.25) is 0 Å². The fourth-order valence-corrected chi connectivity index (χ4v) is 2.46. The monoisotopic (exact) mass is 380 g/mol. The quantitative estimate of drug-likeness (QED) is 0.463. The van der Waals surface area contributed by atoms with Crippen molar-refractivity contribution in [1.82, 2.24) is 0 Å². The number of nitrogens with zero attached hydrogens (tertiary/aromatic N) is 1. The molecule has 2 aromatic carbocycles. The van der Waals surface area contributed by atoms with Gasteiger partial charge in [0.25, 0.3) is 0 Å². The summed E-state index contributed by atoms with van der Waals surface area (Å²) in [5.41, 5.74) is 6.70. The Morgan fingerprint density at radius 3 is 2.36 bits per heavy atom. The van der Waals surface area contributed by atoms with Crippen molar-refractivity contribution in [2.45, 2.75) is 0 Å². The van der Waals surface area contributed by atoms with Crippen LogP contribution in [0, 0.1) is 0 Å². The molecule has 0 fully saturated rings. The van der Waals surface area contributed by atoms with Gasteiger partial charge in [0.05, 0.1) is 19.4 Å². The average Bonchev–Trinajstić information content (AvgIpc) is 2.54. The lowest BCUT2D eigenvalue weighted by Gasteiger charge is -2.06. The first-order chi connectivity index (χ1) is 10.7. The van der Waals surface area contributed by atoms with E-state index in [0.29, 0.717) is 11.8 Å². The fraction of sp³-hybridized carbons (Fsp3) is 0.188. The van der Waals surface area contributed by atoms with Crippen molar-refractivity contribution < 1.29 is 9.47 Å². The molecule has 0 aliphatic carbocycles. The highest BCUT2D eigenvalue weighted by molar-refractivity contribution is 9.10. The molecule has 0 aliphatic heterocycles. The summed E-state index contributed by atoms with van der Waals surface area (Å²) in [6.07, 6.45) is 0. The summed E-state index contributed by atoms with van der Waals surface area (Å²) in [4.78, 5) is 4.33. The summed E-state index contributed by atoms with van der Waals surface area (Å²) in [7, 11) is 1.63. The number of methoxy groups -OCH3 is 1. The summed E-state index contributed by atoms with van der Waals surface area (Å²) >= 11 is 4.85. The third-order valence-corrected chi connectivity index (χ3v) is 4.01. The van der Waals surface area contributed by atoms with E-state index in [1.54, 1.807) is 7.11 Å². The third-order valence-electron chi connectivity index (χ3n) is 2.73. The molecule has 0 heterocycles. The number of aliphatic imine (C=N–C) groups is 1. The molecule has 2 aromatic rings. The van der Waals surface area contributed by atoms with Gasteiger partial charge in [0.2, 0.25) is 0 Å². The lowest BCUT2D eigenvalue weighted by atomic mass is 10.3. The van der Waals surface area contributed by atoms with Gasteiger partial charge in [-0.1, -0.05) is 27.7 Å². The molecule has 22 heavy (non-hydrogen) atoms. The molecule has 0 aliphatic rings. The van der Waals surface area contributed by atoms with Crippen molar-refractivity contribution in [3.05, 3.63) is 53.0 Å². The summed E-state index contributed by atoms with van der Waals surface area (Å²) in [5.74, 6) is 2.38. The Hall–Kier alpha value is -1.66. The molecule has 0 amide bonds. The topological polar surface area (TPSA) is 56.8 Å². The van der Waals surface area contributed by atoms with Crippen molar-refractivity contribution in [2.24, 2.45) is 10.7 Å². The molecule has 0 aromatic heterocycles. The minimum Gasteiger partial charge on any atom is -0.497 e. The van der Waals surface area contributed by atoms with Crippen molar-refractivity contribution in [3.63, 3.8) is 0 Å². The van der Waals surface area contributed by atoms with Gasteiger partial charge in [-0.25, -0.2) is 4.99 Å². The van der Waals surface area contributed by atoms with Crippen LogP contribution in [0.3, 0.4) is 0 Å². The molecule has 116 valence electrons. The predicted octanol–water partition coefficient (Wildman–Crippen LogP) is 4.22. The number of hydrogen-bond donors (Lipinski definition) is 1. The fourth-order valence-electron chi connectivity index (χ4n) is 1.65. The van der Waals surface area contributed by atoms with Crippen molar-refractivity contribution in [1.29, 1.82) is 0 Å². The van der Waals surface area contributed by atoms with Gasteiger partial charge in [-0.2, -0.15) is 0 Å². The van der Waals surface area contributed by atoms with E-state index < -0.39 is 0 Å². The number of hydrogen-bond acceptors (Lipinski definition) is 4. The summed E-state index contributed by atoms with van der Waals surface area (Å²) in [5, 5.41) is 0.518. The van der Waals surface area contributed by atoms with Crippen LogP contribution in [-0.2, 0) is 0 Å². The zero-order valence-corrected chi connectivity index (χ0v) is 14.6. The van der Waals surface area contributed by atoms with Gasteiger partial charge < -0.3 is 15.2 Å². The van der Waals surface area contributed by atoms with Crippen LogP contribution in [0.1, 0.15) is 0 Å². The van der Waals surface area contributed by atoms with E-state index in [2.05, 4.69) is 20.9 Å². The normalized spacial score (nSPS) is 11.3. The SMILES string of the molecule is COc1ccc(N=C(N)SCCOc2ccc(Br)cc2)cc1. The van der Waals surface area contributed by atoms with Crippen molar-refractivity contribution >= 4 is 38.5 Å². The highest BCUT2D eigenvalue weighted by Gasteiger charge is 1.98. The molecular formula is C16H17BrN2O2S. The van der Waals surface area contributed by atoms with Gasteiger partial charge in [0, 0.05) is 10.2 Å². The van der Waals surface area contributed by atoms with E-state index in [0.717, 1.165) is 27.4 Å². The maximum absolute atomic E-state index is 5.90. The van der Waals surface area contributed by atoms with E-state index in [9.17, 15) is 0 Å². The van der Waals surface area contributed by atoms with Gasteiger partial charge >= 0.3 is 0 Å². The first-order valence-electron chi connectivity index (χ1n) is 6.67. The number of thioether (sulfide) groups is 1. The van der Waals surface area contributed by atoms with Crippen molar-refractivity contribution in [3.8, 4) is 11.5 Å². The van der Waals surface area contributed by atoms with Crippen molar-refractivity contribution in [2.75, 3.05) is 19.5 Å². The Kier molecular flexibility index (Phi) is 6.61. The molecule has 4 nitrogen and oxygen atoms in total. The maximum Gasteiger partial charge on any atom is 0.159 e. The standard InChI is InChI=1S/C16H17BrN2O2S/c1-20-14-8-4-13(5-9-14)19-16(18)22-11-10-21-15-6-2-12(17)3-7-15/h2-9H,10-11H2,1H3,(H2,18,19). The molecule has 2 N–H and O–H groups in total.